The van der Waals surface area contributed by atoms with Gasteiger partial charge in [0.15, 0.2) is 0 Å². The Bertz CT molecular complexity index is 549. The molecule has 0 fully saturated rings. The molecule has 2 nitrogen and oxygen atoms in total. The number of fused-ring (bicyclic) bond motifs is 1. The molecule has 1 aromatic carbocycles. The van der Waals surface area contributed by atoms with E-state index in [0.29, 0.717) is 0 Å². The van der Waals surface area contributed by atoms with Crippen molar-refractivity contribution in [2.24, 2.45) is 0 Å². The van der Waals surface area contributed by atoms with Crippen LogP contribution in [-0.4, -0.2) is 4.98 Å². The van der Waals surface area contributed by atoms with E-state index >= 15 is 0 Å². The van der Waals surface area contributed by atoms with Gasteiger partial charge in [-0.25, -0.2) is 4.98 Å². The Morgan fingerprint density at radius 3 is 2.61 bits per heavy atom. The van der Waals surface area contributed by atoms with Crippen molar-refractivity contribution < 1.29 is 0 Å². The van der Waals surface area contributed by atoms with E-state index in [4.69, 9.17) is 0 Å². The molecule has 0 amide bonds. The maximum Gasteiger partial charge on any atom is 0.130 e. The number of halogens is 1. The van der Waals surface area contributed by atoms with Crippen LogP contribution in [0.4, 0.5) is 11.5 Å². The van der Waals surface area contributed by atoms with E-state index in [0.717, 1.165) is 16.0 Å². The van der Waals surface area contributed by atoms with Crippen LogP contribution in [0.2, 0.25) is 0 Å². The van der Waals surface area contributed by atoms with Gasteiger partial charge in [-0.15, -0.1) is 0 Å². The number of aryl methyl sites for hydroxylation is 2. The first-order valence-corrected chi connectivity index (χ1v) is 7.11. The van der Waals surface area contributed by atoms with E-state index in [1.165, 1.54) is 36.8 Å². The van der Waals surface area contributed by atoms with Crippen molar-refractivity contribution >= 4 is 27.4 Å². The van der Waals surface area contributed by atoms with Crippen LogP contribution in [-0.2, 0) is 12.8 Å². The van der Waals surface area contributed by atoms with Crippen molar-refractivity contribution in [2.75, 3.05) is 5.32 Å². The summed E-state index contributed by atoms with van der Waals surface area (Å²) < 4.78 is 0.999. The molecule has 92 valence electrons. The van der Waals surface area contributed by atoms with Gasteiger partial charge in [-0.3, -0.25) is 0 Å². The second kappa shape index (κ2) is 5.11. The monoisotopic (exact) mass is 302 g/mol. The molecule has 3 heteroatoms. The lowest BCUT2D eigenvalue weighted by Crippen LogP contribution is -2.03. The van der Waals surface area contributed by atoms with Crippen LogP contribution in [0.25, 0.3) is 0 Å². The minimum atomic E-state index is 0.883. The standard InChI is InChI=1S/C15H15BrN2/c16-13-6-8-15(17-10-13)18-14-7-5-11-3-1-2-4-12(11)9-14/h5-10H,1-4H2,(H,17,18). The summed E-state index contributed by atoms with van der Waals surface area (Å²) in [6.45, 7) is 0. The van der Waals surface area contributed by atoms with Gasteiger partial charge in [0.05, 0.1) is 0 Å². The van der Waals surface area contributed by atoms with E-state index in [2.05, 4.69) is 44.4 Å². The van der Waals surface area contributed by atoms with Gasteiger partial charge in [0, 0.05) is 16.4 Å². The van der Waals surface area contributed by atoms with E-state index in [-0.39, 0.29) is 0 Å². The normalized spacial score (nSPS) is 14.1. The minimum Gasteiger partial charge on any atom is -0.340 e. The van der Waals surface area contributed by atoms with Crippen LogP contribution in [0.3, 0.4) is 0 Å². The van der Waals surface area contributed by atoms with Crippen molar-refractivity contribution in [3.63, 3.8) is 0 Å². The molecule has 0 spiro atoms. The number of benzene rings is 1. The first-order chi connectivity index (χ1) is 8.81. The van der Waals surface area contributed by atoms with Crippen molar-refractivity contribution in [1.82, 2.24) is 4.98 Å². The zero-order valence-electron chi connectivity index (χ0n) is 10.1. The molecule has 0 unspecified atom stereocenters. The average Bonchev–Trinajstić information content (AvgIpc) is 2.41. The first kappa shape index (κ1) is 11.7. The molecule has 0 atom stereocenters. The summed E-state index contributed by atoms with van der Waals surface area (Å²) in [7, 11) is 0. The van der Waals surface area contributed by atoms with Crippen LogP contribution in [0.15, 0.2) is 41.0 Å². The predicted molar refractivity (Wildman–Crippen MR) is 78.3 cm³/mol. The zero-order valence-corrected chi connectivity index (χ0v) is 11.7. The Labute approximate surface area is 116 Å². The lowest BCUT2D eigenvalue weighted by Gasteiger charge is -2.17. The molecule has 1 aliphatic carbocycles. The minimum absolute atomic E-state index is 0.883. The molecular weight excluding hydrogens is 288 g/mol. The molecule has 1 aliphatic rings. The molecule has 18 heavy (non-hydrogen) atoms. The third kappa shape index (κ3) is 2.56. The fourth-order valence-corrected chi connectivity index (χ4v) is 2.64. The second-order valence-corrected chi connectivity index (χ2v) is 5.59. The molecular formula is C15H15BrN2. The smallest absolute Gasteiger partial charge is 0.130 e. The molecule has 2 aromatic rings. The number of rotatable bonds is 2. The van der Waals surface area contributed by atoms with Gasteiger partial charge in [0.1, 0.15) is 5.82 Å². The second-order valence-electron chi connectivity index (χ2n) is 4.68. The van der Waals surface area contributed by atoms with Crippen molar-refractivity contribution in [3.05, 3.63) is 52.1 Å². The van der Waals surface area contributed by atoms with Gasteiger partial charge in [-0.05, 0) is 77.0 Å². The number of hydrogen-bond donors (Lipinski definition) is 1. The summed E-state index contributed by atoms with van der Waals surface area (Å²) in [5.41, 5.74) is 4.13. The first-order valence-electron chi connectivity index (χ1n) is 6.32. The maximum absolute atomic E-state index is 4.33. The number of pyridine rings is 1. The molecule has 3 rings (SSSR count). The van der Waals surface area contributed by atoms with E-state index in [9.17, 15) is 0 Å². The molecule has 0 saturated heterocycles. The largest absolute Gasteiger partial charge is 0.340 e. The van der Waals surface area contributed by atoms with Crippen LogP contribution < -0.4 is 5.32 Å². The Kier molecular flexibility index (Phi) is 3.33. The van der Waals surface area contributed by atoms with Gasteiger partial charge < -0.3 is 5.32 Å². The Morgan fingerprint density at radius 1 is 1.00 bits per heavy atom. The van der Waals surface area contributed by atoms with Gasteiger partial charge >= 0.3 is 0 Å². The quantitative estimate of drug-likeness (QED) is 0.885. The third-order valence-corrected chi connectivity index (χ3v) is 3.82. The molecule has 1 N–H and O–H groups in total. The predicted octanol–water partition coefficient (Wildman–Crippen LogP) is 4.47. The SMILES string of the molecule is Brc1ccc(Nc2ccc3c(c2)CCCC3)nc1. The van der Waals surface area contributed by atoms with Gasteiger partial charge in [-0.1, -0.05) is 6.07 Å². The Hall–Kier alpha value is -1.35. The lowest BCUT2D eigenvalue weighted by molar-refractivity contribution is 0.686. The highest BCUT2D eigenvalue weighted by atomic mass is 79.9. The summed E-state index contributed by atoms with van der Waals surface area (Å²) in [5.74, 6) is 0.883. The number of hydrogen-bond acceptors (Lipinski definition) is 2. The fourth-order valence-electron chi connectivity index (χ4n) is 2.41. The number of anilines is 2. The highest BCUT2D eigenvalue weighted by Crippen LogP contribution is 2.25. The van der Waals surface area contributed by atoms with Gasteiger partial charge in [-0.2, -0.15) is 0 Å². The lowest BCUT2D eigenvalue weighted by atomic mass is 9.91. The molecule has 1 heterocycles. The van der Waals surface area contributed by atoms with Crippen LogP contribution in [0.1, 0.15) is 24.0 Å². The highest BCUT2D eigenvalue weighted by molar-refractivity contribution is 9.10. The summed E-state index contributed by atoms with van der Waals surface area (Å²) in [5, 5.41) is 3.35. The van der Waals surface area contributed by atoms with E-state index in [1.54, 1.807) is 6.20 Å². The highest BCUT2D eigenvalue weighted by Gasteiger charge is 2.09. The van der Waals surface area contributed by atoms with Gasteiger partial charge in [0.25, 0.3) is 0 Å². The number of nitrogens with zero attached hydrogens (tertiary/aromatic N) is 1. The average molecular weight is 303 g/mol. The Morgan fingerprint density at radius 2 is 1.83 bits per heavy atom. The molecule has 0 bridgehead atoms. The zero-order chi connectivity index (χ0) is 12.4. The van der Waals surface area contributed by atoms with E-state index < -0.39 is 0 Å². The van der Waals surface area contributed by atoms with E-state index in [1.807, 2.05) is 12.1 Å². The third-order valence-electron chi connectivity index (χ3n) is 3.35. The maximum atomic E-state index is 4.33. The molecule has 0 saturated carbocycles. The summed E-state index contributed by atoms with van der Waals surface area (Å²) in [6, 6.07) is 10.6. The summed E-state index contributed by atoms with van der Waals surface area (Å²) in [4.78, 5) is 4.33. The molecule has 0 aliphatic heterocycles. The number of aromatic nitrogens is 1. The van der Waals surface area contributed by atoms with Gasteiger partial charge in [0.2, 0.25) is 0 Å². The summed E-state index contributed by atoms with van der Waals surface area (Å²) >= 11 is 3.39. The van der Waals surface area contributed by atoms with Crippen LogP contribution in [0.5, 0.6) is 0 Å². The van der Waals surface area contributed by atoms with Crippen molar-refractivity contribution in [3.8, 4) is 0 Å². The van der Waals surface area contributed by atoms with Crippen LogP contribution in [0, 0.1) is 0 Å². The van der Waals surface area contributed by atoms with Crippen LogP contribution >= 0.6 is 15.9 Å². The summed E-state index contributed by atoms with van der Waals surface area (Å²) in [6.07, 6.45) is 6.88. The fraction of sp³-hybridized carbons (Fsp3) is 0.267. The van der Waals surface area contributed by atoms with Crippen molar-refractivity contribution in [2.45, 2.75) is 25.7 Å². The topological polar surface area (TPSA) is 24.9 Å². The number of nitrogens with one attached hydrogen (secondary N) is 1. The molecule has 0 radical (unpaired) electrons. The van der Waals surface area contributed by atoms with Crippen molar-refractivity contribution in [1.29, 1.82) is 0 Å². The Balaban J connectivity index is 1.82. The molecule has 1 aromatic heterocycles.